The van der Waals surface area contributed by atoms with E-state index in [-0.39, 0.29) is 23.2 Å². The molecule has 0 saturated heterocycles. The molecule has 0 bridgehead atoms. The van der Waals surface area contributed by atoms with Crippen LogP contribution in [0.2, 0.25) is 0 Å². The van der Waals surface area contributed by atoms with Crippen molar-refractivity contribution in [3.05, 3.63) is 23.5 Å². The second kappa shape index (κ2) is 4.12. The van der Waals surface area contributed by atoms with Gasteiger partial charge in [0.2, 0.25) is 5.82 Å². The maximum atomic E-state index is 12.6. The average Bonchev–Trinajstić information content (AvgIpc) is 2.82. The largest absolute Gasteiger partial charge is 0.479 e. The fraction of sp³-hybridized carbons (Fsp3) is 0.333. The lowest BCUT2D eigenvalue weighted by Crippen LogP contribution is -2.30. The van der Waals surface area contributed by atoms with Crippen LogP contribution in [0.1, 0.15) is 17.8 Å². The molecule has 1 aromatic carbocycles. The number of aryl methyl sites for hydroxylation is 1. The zero-order chi connectivity index (χ0) is 14.5. The molecule has 2 heterocycles. The van der Waals surface area contributed by atoms with Gasteiger partial charge < -0.3 is 14.8 Å². The highest BCUT2D eigenvalue weighted by Gasteiger charge is 2.36. The lowest BCUT2D eigenvalue weighted by Gasteiger charge is -2.23. The number of imidazole rings is 1. The molecule has 0 aliphatic carbocycles. The predicted molar refractivity (Wildman–Crippen MR) is 61.5 cm³/mol. The maximum Gasteiger partial charge on any atom is 0.449 e. The summed E-state index contributed by atoms with van der Waals surface area (Å²) in [6, 6.07) is 3.11. The summed E-state index contributed by atoms with van der Waals surface area (Å²) in [5, 5.41) is 8.94. The molecule has 0 saturated carbocycles. The second-order valence-corrected chi connectivity index (χ2v) is 4.52. The highest BCUT2D eigenvalue weighted by Crippen LogP contribution is 2.36. The van der Waals surface area contributed by atoms with Crippen LogP contribution in [0, 0.1) is 0 Å². The van der Waals surface area contributed by atoms with E-state index in [1.54, 1.807) is 6.07 Å². The summed E-state index contributed by atoms with van der Waals surface area (Å²) in [5.74, 6) is -2.14. The van der Waals surface area contributed by atoms with Gasteiger partial charge in [0.25, 0.3) is 0 Å². The Labute approximate surface area is 110 Å². The van der Waals surface area contributed by atoms with E-state index in [2.05, 4.69) is 9.97 Å². The number of nitrogens with one attached hydrogen (secondary N) is 1. The monoisotopic (exact) mass is 286 g/mol. The third kappa shape index (κ3) is 1.97. The van der Waals surface area contributed by atoms with Crippen LogP contribution in [0.4, 0.5) is 13.2 Å². The number of carboxylic acids is 1. The predicted octanol–water partition coefficient (Wildman–Crippen LogP) is 2.36. The minimum atomic E-state index is -4.59. The van der Waals surface area contributed by atoms with Crippen molar-refractivity contribution in [3.8, 4) is 5.75 Å². The quantitative estimate of drug-likeness (QED) is 0.843. The SMILES string of the molecule is O=C(O)C1CCc2ccc3[nH]c(C(F)(F)F)nc3c2O1. The van der Waals surface area contributed by atoms with Crippen LogP contribution in [0.15, 0.2) is 12.1 Å². The number of nitrogens with zero attached hydrogens (tertiary/aromatic N) is 1. The average molecular weight is 286 g/mol. The number of alkyl halides is 3. The number of hydrogen-bond acceptors (Lipinski definition) is 3. The summed E-state index contributed by atoms with van der Waals surface area (Å²) < 4.78 is 43.2. The number of aromatic nitrogens is 2. The van der Waals surface area contributed by atoms with Crippen LogP contribution in [0.5, 0.6) is 5.75 Å². The number of aromatic amines is 1. The number of fused-ring (bicyclic) bond motifs is 3. The minimum absolute atomic E-state index is 0.0146. The van der Waals surface area contributed by atoms with Gasteiger partial charge in [0.15, 0.2) is 11.9 Å². The van der Waals surface area contributed by atoms with E-state index in [9.17, 15) is 18.0 Å². The highest BCUT2D eigenvalue weighted by molar-refractivity contribution is 5.85. The third-order valence-electron chi connectivity index (χ3n) is 3.17. The Morgan fingerprint density at radius 3 is 2.85 bits per heavy atom. The van der Waals surface area contributed by atoms with Crippen LogP contribution in [-0.4, -0.2) is 27.1 Å². The fourth-order valence-electron chi connectivity index (χ4n) is 2.22. The van der Waals surface area contributed by atoms with Crippen LogP contribution < -0.4 is 4.74 Å². The molecular weight excluding hydrogens is 277 g/mol. The number of rotatable bonds is 1. The summed E-state index contributed by atoms with van der Waals surface area (Å²) >= 11 is 0. The molecule has 5 nitrogen and oxygen atoms in total. The Balaban J connectivity index is 2.13. The van der Waals surface area contributed by atoms with Gasteiger partial charge in [-0.2, -0.15) is 13.2 Å². The molecule has 1 aliphatic heterocycles. The molecule has 0 spiro atoms. The number of benzene rings is 1. The Hall–Kier alpha value is -2.25. The number of carboxylic acid groups (broad SMARTS) is 1. The molecule has 106 valence electrons. The van der Waals surface area contributed by atoms with E-state index in [1.807, 2.05) is 0 Å². The number of H-pyrrole nitrogens is 1. The Morgan fingerprint density at radius 1 is 1.45 bits per heavy atom. The Morgan fingerprint density at radius 2 is 2.20 bits per heavy atom. The van der Waals surface area contributed by atoms with Gasteiger partial charge in [0.1, 0.15) is 5.52 Å². The summed E-state index contributed by atoms with van der Waals surface area (Å²) in [6.45, 7) is 0. The first-order valence-corrected chi connectivity index (χ1v) is 5.84. The molecule has 0 fully saturated rings. The molecule has 8 heteroatoms. The number of hydrogen-bond donors (Lipinski definition) is 2. The van der Waals surface area contributed by atoms with Gasteiger partial charge in [-0.05, 0) is 24.5 Å². The van der Waals surface area contributed by atoms with Crippen molar-refractivity contribution in [2.45, 2.75) is 25.1 Å². The van der Waals surface area contributed by atoms with Gasteiger partial charge >= 0.3 is 12.1 Å². The molecule has 0 amide bonds. The molecular formula is C12H9F3N2O3. The second-order valence-electron chi connectivity index (χ2n) is 4.52. The molecule has 0 radical (unpaired) electrons. The third-order valence-corrected chi connectivity index (χ3v) is 3.17. The van der Waals surface area contributed by atoms with E-state index in [4.69, 9.17) is 9.84 Å². The standard InChI is InChI=1S/C12H9F3N2O3/c13-12(14,15)11-16-6-3-1-5-2-4-7(10(18)19)20-9(5)8(6)17-11/h1,3,7H,2,4H2,(H,16,17)(H,18,19). The van der Waals surface area contributed by atoms with Crippen molar-refractivity contribution in [2.24, 2.45) is 0 Å². The van der Waals surface area contributed by atoms with Crippen LogP contribution in [0.3, 0.4) is 0 Å². The zero-order valence-electron chi connectivity index (χ0n) is 9.99. The van der Waals surface area contributed by atoms with E-state index in [0.717, 1.165) is 0 Å². The number of ether oxygens (including phenoxy) is 1. The molecule has 1 atom stereocenters. The molecule has 2 N–H and O–H groups in total. The smallest absolute Gasteiger partial charge is 0.449 e. The molecule has 1 aliphatic rings. The number of halogens is 3. The van der Waals surface area contributed by atoms with Crippen LogP contribution >= 0.6 is 0 Å². The molecule has 2 aromatic rings. The van der Waals surface area contributed by atoms with E-state index in [0.29, 0.717) is 12.0 Å². The van der Waals surface area contributed by atoms with Gasteiger partial charge in [-0.1, -0.05) is 6.07 Å². The lowest BCUT2D eigenvalue weighted by molar-refractivity contribution is -0.146. The van der Waals surface area contributed by atoms with Gasteiger partial charge in [-0.15, -0.1) is 0 Å². The molecule has 3 rings (SSSR count). The van der Waals surface area contributed by atoms with Gasteiger partial charge in [-0.3, -0.25) is 0 Å². The van der Waals surface area contributed by atoms with Crippen molar-refractivity contribution < 1.29 is 27.8 Å². The fourth-order valence-corrected chi connectivity index (χ4v) is 2.22. The number of carbonyl (C=O) groups is 1. The molecule has 20 heavy (non-hydrogen) atoms. The topological polar surface area (TPSA) is 75.2 Å². The Kier molecular flexibility index (Phi) is 2.63. The molecule has 1 aromatic heterocycles. The van der Waals surface area contributed by atoms with Crippen molar-refractivity contribution in [2.75, 3.05) is 0 Å². The summed E-state index contributed by atoms with van der Waals surface area (Å²) in [5.41, 5.74) is 0.845. The normalized spacial score (nSPS) is 18.6. The van der Waals surface area contributed by atoms with Gasteiger partial charge in [0.05, 0.1) is 5.52 Å². The summed E-state index contributed by atoms with van der Waals surface area (Å²) in [6.07, 6.45) is -4.94. The maximum absolute atomic E-state index is 12.6. The van der Waals surface area contributed by atoms with E-state index < -0.39 is 24.1 Å². The van der Waals surface area contributed by atoms with Crippen molar-refractivity contribution >= 4 is 17.0 Å². The zero-order valence-corrected chi connectivity index (χ0v) is 9.99. The summed E-state index contributed by atoms with van der Waals surface area (Å²) in [7, 11) is 0. The van der Waals surface area contributed by atoms with Gasteiger partial charge in [-0.25, -0.2) is 9.78 Å². The minimum Gasteiger partial charge on any atom is -0.479 e. The van der Waals surface area contributed by atoms with Crippen molar-refractivity contribution in [3.63, 3.8) is 0 Å². The first kappa shape index (κ1) is 12.8. The van der Waals surface area contributed by atoms with E-state index in [1.165, 1.54) is 6.07 Å². The summed E-state index contributed by atoms with van der Waals surface area (Å²) in [4.78, 5) is 16.6. The van der Waals surface area contributed by atoms with Crippen molar-refractivity contribution in [1.29, 1.82) is 0 Å². The Bertz CT molecular complexity index is 693. The lowest BCUT2D eigenvalue weighted by atomic mass is 10.0. The van der Waals surface area contributed by atoms with E-state index >= 15 is 0 Å². The van der Waals surface area contributed by atoms with Crippen LogP contribution in [-0.2, 0) is 17.4 Å². The molecule has 1 unspecified atom stereocenters. The van der Waals surface area contributed by atoms with Gasteiger partial charge in [0, 0.05) is 0 Å². The highest BCUT2D eigenvalue weighted by atomic mass is 19.4. The van der Waals surface area contributed by atoms with Crippen LogP contribution in [0.25, 0.3) is 11.0 Å². The first-order valence-electron chi connectivity index (χ1n) is 5.84. The number of aliphatic carboxylic acids is 1. The first-order chi connectivity index (χ1) is 9.36. The van der Waals surface area contributed by atoms with Crippen molar-refractivity contribution in [1.82, 2.24) is 9.97 Å².